The molecule has 1 fully saturated rings. The number of nitrogens with zero attached hydrogens (tertiary/aromatic N) is 1. The van der Waals surface area contributed by atoms with Gasteiger partial charge in [-0.3, -0.25) is 0 Å². The lowest BCUT2D eigenvalue weighted by Gasteiger charge is -2.28. The first kappa shape index (κ1) is 12.0. The lowest BCUT2D eigenvalue weighted by atomic mass is 9.85. The van der Waals surface area contributed by atoms with Gasteiger partial charge in [-0.25, -0.2) is 0 Å². The van der Waals surface area contributed by atoms with Gasteiger partial charge in [0.25, 0.3) is 0 Å². The van der Waals surface area contributed by atoms with Crippen molar-refractivity contribution >= 4 is 5.69 Å². The lowest BCUT2D eigenvalue weighted by Crippen LogP contribution is -2.31. The molecule has 0 spiro atoms. The summed E-state index contributed by atoms with van der Waals surface area (Å²) < 4.78 is 0. The summed E-state index contributed by atoms with van der Waals surface area (Å²) in [5.41, 5.74) is 2.50. The van der Waals surface area contributed by atoms with Crippen molar-refractivity contribution in [2.75, 3.05) is 5.32 Å². The van der Waals surface area contributed by atoms with Gasteiger partial charge < -0.3 is 5.32 Å². The number of aryl methyl sites for hydroxylation is 1. The summed E-state index contributed by atoms with van der Waals surface area (Å²) in [6.45, 7) is 2.16. The fourth-order valence-electron chi connectivity index (χ4n) is 2.51. The van der Waals surface area contributed by atoms with Crippen LogP contribution in [0.1, 0.15) is 38.2 Å². The van der Waals surface area contributed by atoms with Crippen molar-refractivity contribution in [3.63, 3.8) is 0 Å². The number of nitrogens with one attached hydrogen (secondary N) is 1. The molecule has 2 unspecified atom stereocenters. The van der Waals surface area contributed by atoms with Crippen LogP contribution in [0.3, 0.4) is 0 Å². The van der Waals surface area contributed by atoms with E-state index in [9.17, 15) is 0 Å². The molecule has 0 aromatic heterocycles. The second kappa shape index (κ2) is 5.72. The monoisotopic (exact) mass is 228 g/mol. The van der Waals surface area contributed by atoms with Crippen LogP contribution >= 0.6 is 0 Å². The van der Waals surface area contributed by atoms with E-state index in [1.54, 1.807) is 0 Å². The van der Waals surface area contributed by atoms with Crippen LogP contribution in [0.25, 0.3) is 0 Å². The zero-order valence-corrected chi connectivity index (χ0v) is 10.4. The van der Waals surface area contributed by atoms with Crippen LogP contribution in [0.2, 0.25) is 0 Å². The SMILES string of the molecule is CCc1ccc(NC2CCCCC2C#N)cc1. The Labute approximate surface area is 104 Å². The molecule has 2 nitrogen and oxygen atoms in total. The fourth-order valence-corrected chi connectivity index (χ4v) is 2.51. The quantitative estimate of drug-likeness (QED) is 0.855. The molecule has 0 aliphatic heterocycles. The van der Waals surface area contributed by atoms with Gasteiger partial charge in [-0.15, -0.1) is 0 Å². The summed E-state index contributed by atoms with van der Waals surface area (Å²) in [5, 5.41) is 12.6. The maximum atomic E-state index is 9.13. The molecule has 1 aromatic carbocycles. The standard InChI is InChI=1S/C15H20N2/c1-2-12-7-9-14(10-8-12)17-15-6-4-3-5-13(15)11-16/h7-10,13,15,17H,2-6H2,1H3. The minimum Gasteiger partial charge on any atom is -0.381 e. The Hall–Kier alpha value is -1.49. The van der Waals surface area contributed by atoms with Crippen molar-refractivity contribution in [2.45, 2.75) is 45.1 Å². The summed E-state index contributed by atoms with van der Waals surface area (Å²) in [5.74, 6) is 0.176. The lowest BCUT2D eigenvalue weighted by molar-refractivity contribution is 0.389. The highest BCUT2D eigenvalue weighted by Gasteiger charge is 2.24. The number of nitriles is 1. The number of hydrogen-bond donors (Lipinski definition) is 1. The van der Waals surface area contributed by atoms with Crippen molar-refractivity contribution in [3.8, 4) is 6.07 Å². The Morgan fingerprint density at radius 3 is 2.59 bits per heavy atom. The zero-order chi connectivity index (χ0) is 12.1. The van der Waals surface area contributed by atoms with E-state index >= 15 is 0 Å². The summed E-state index contributed by atoms with van der Waals surface area (Å²) in [4.78, 5) is 0. The third-order valence-corrected chi connectivity index (χ3v) is 3.65. The highest BCUT2D eigenvalue weighted by atomic mass is 14.9. The smallest absolute Gasteiger partial charge is 0.0677 e. The maximum absolute atomic E-state index is 9.13. The summed E-state index contributed by atoms with van der Waals surface area (Å²) in [7, 11) is 0. The topological polar surface area (TPSA) is 35.8 Å². The Kier molecular flexibility index (Phi) is 4.03. The third kappa shape index (κ3) is 3.00. The van der Waals surface area contributed by atoms with E-state index in [0.29, 0.717) is 6.04 Å². The molecule has 2 atom stereocenters. The molecule has 0 heterocycles. The molecule has 0 radical (unpaired) electrons. The predicted octanol–water partition coefficient (Wildman–Crippen LogP) is 3.74. The molecule has 17 heavy (non-hydrogen) atoms. The average molecular weight is 228 g/mol. The normalized spacial score (nSPS) is 24.0. The van der Waals surface area contributed by atoms with Crippen molar-refractivity contribution in [1.82, 2.24) is 0 Å². The van der Waals surface area contributed by atoms with E-state index in [0.717, 1.165) is 24.9 Å². The van der Waals surface area contributed by atoms with Gasteiger partial charge in [0.15, 0.2) is 0 Å². The summed E-state index contributed by atoms with van der Waals surface area (Å²) >= 11 is 0. The molecule has 1 saturated carbocycles. The van der Waals surface area contributed by atoms with Gasteiger partial charge in [-0.1, -0.05) is 31.9 Å². The van der Waals surface area contributed by atoms with E-state index < -0.39 is 0 Å². The first-order valence-electron chi connectivity index (χ1n) is 6.58. The number of rotatable bonds is 3. The molecule has 2 rings (SSSR count). The van der Waals surface area contributed by atoms with E-state index in [4.69, 9.17) is 5.26 Å². The van der Waals surface area contributed by atoms with Gasteiger partial charge in [0.2, 0.25) is 0 Å². The van der Waals surface area contributed by atoms with Crippen molar-refractivity contribution < 1.29 is 0 Å². The van der Waals surface area contributed by atoms with Crippen molar-refractivity contribution in [3.05, 3.63) is 29.8 Å². The molecular formula is C15H20N2. The van der Waals surface area contributed by atoms with E-state index in [-0.39, 0.29) is 5.92 Å². The second-order valence-electron chi connectivity index (χ2n) is 4.82. The van der Waals surface area contributed by atoms with Crippen LogP contribution in [0.4, 0.5) is 5.69 Å². The molecule has 1 aromatic rings. The molecule has 2 heteroatoms. The Balaban J connectivity index is 2.01. The zero-order valence-electron chi connectivity index (χ0n) is 10.4. The van der Waals surface area contributed by atoms with E-state index in [1.807, 2.05) is 0 Å². The first-order valence-corrected chi connectivity index (χ1v) is 6.58. The van der Waals surface area contributed by atoms with Gasteiger partial charge in [-0.05, 0) is 37.0 Å². The van der Waals surface area contributed by atoms with Gasteiger partial charge in [0, 0.05) is 11.7 Å². The molecule has 0 amide bonds. The van der Waals surface area contributed by atoms with Crippen LogP contribution in [0.15, 0.2) is 24.3 Å². The highest BCUT2D eigenvalue weighted by molar-refractivity contribution is 5.46. The predicted molar refractivity (Wildman–Crippen MR) is 70.8 cm³/mol. The molecule has 90 valence electrons. The molecule has 1 N–H and O–H groups in total. The first-order chi connectivity index (χ1) is 8.33. The molecule has 0 bridgehead atoms. The largest absolute Gasteiger partial charge is 0.381 e. The summed E-state index contributed by atoms with van der Waals surface area (Å²) in [6, 6.07) is 11.3. The molecular weight excluding hydrogens is 208 g/mol. The van der Waals surface area contributed by atoms with Gasteiger partial charge in [0.05, 0.1) is 12.0 Å². The summed E-state index contributed by atoms with van der Waals surface area (Å²) in [6.07, 6.45) is 5.67. The third-order valence-electron chi connectivity index (χ3n) is 3.65. The Morgan fingerprint density at radius 1 is 1.24 bits per heavy atom. The highest BCUT2D eigenvalue weighted by Crippen LogP contribution is 2.26. The van der Waals surface area contributed by atoms with Crippen LogP contribution < -0.4 is 5.32 Å². The van der Waals surface area contributed by atoms with Crippen LogP contribution in [-0.4, -0.2) is 6.04 Å². The van der Waals surface area contributed by atoms with Gasteiger partial charge in [0.1, 0.15) is 0 Å². The van der Waals surface area contributed by atoms with Crippen molar-refractivity contribution in [2.24, 2.45) is 5.92 Å². The molecule has 1 aliphatic carbocycles. The van der Waals surface area contributed by atoms with Crippen LogP contribution in [0.5, 0.6) is 0 Å². The molecule has 1 aliphatic rings. The van der Waals surface area contributed by atoms with Gasteiger partial charge >= 0.3 is 0 Å². The number of anilines is 1. The molecule has 0 saturated heterocycles. The number of hydrogen-bond acceptors (Lipinski definition) is 2. The Morgan fingerprint density at radius 2 is 1.94 bits per heavy atom. The fraction of sp³-hybridized carbons (Fsp3) is 0.533. The van der Waals surface area contributed by atoms with E-state index in [2.05, 4.69) is 42.6 Å². The maximum Gasteiger partial charge on any atom is 0.0677 e. The number of benzene rings is 1. The van der Waals surface area contributed by atoms with E-state index in [1.165, 1.54) is 18.4 Å². The van der Waals surface area contributed by atoms with Gasteiger partial charge in [-0.2, -0.15) is 5.26 Å². The van der Waals surface area contributed by atoms with Crippen LogP contribution in [0, 0.1) is 17.2 Å². The minimum absolute atomic E-state index is 0.176. The van der Waals surface area contributed by atoms with Crippen molar-refractivity contribution in [1.29, 1.82) is 5.26 Å². The van der Waals surface area contributed by atoms with Crippen LogP contribution in [-0.2, 0) is 6.42 Å². The average Bonchev–Trinajstić information content (AvgIpc) is 2.40. The Bertz CT molecular complexity index is 388. The minimum atomic E-state index is 0.176. The second-order valence-corrected chi connectivity index (χ2v) is 4.82.